The zero-order valence-electron chi connectivity index (χ0n) is 28.4. The second-order valence-corrected chi connectivity index (χ2v) is 13.6. The molecule has 0 radical (unpaired) electrons. The van der Waals surface area contributed by atoms with Gasteiger partial charge in [0.1, 0.15) is 5.82 Å². The van der Waals surface area contributed by atoms with Crippen molar-refractivity contribution in [1.29, 1.82) is 0 Å². The molecular formula is C39H49ClF3N3. The maximum absolute atomic E-state index is 14.7. The van der Waals surface area contributed by atoms with Gasteiger partial charge in [0.2, 0.25) is 0 Å². The number of nitrogens with zero attached hydrogens (tertiary/aromatic N) is 2. The van der Waals surface area contributed by atoms with Gasteiger partial charge < -0.3 is 15.1 Å². The first kappa shape index (κ1) is 37.0. The topological polar surface area (TPSA) is 18.5 Å². The molecule has 0 fully saturated rings. The number of nitrogens with one attached hydrogen (secondary N) is 1. The predicted octanol–water partition coefficient (Wildman–Crippen LogP) is 10.3. The maximum Gasteiger partial charge on any atom is 0.270 e. The monoisotopic (exact) mass is 651 g/mol. The minimum atomic E-state index is -2.98. The molecule has 7 heteroatoms. The second-order valence-electron chi connectivity index (χ2n) is 13.2. The number of rotatable bonds is 15. The Bertz CT molecular complexity index is 1540. The first-order valence-electron chi connectivity index (χ1n) is 15.8. The molecule has 1 aliphatic rings. The highest BCUT2D eigenvalue weighted by molar-refractivity contribution is 6.33. The molecule has 0 bridgehead atoms. The van der Waals surface area contributed by atoms with Crippen molar-refractivity contribution in [3.8, 4) is 11.1 Å². The average Bonchev–Trinajstić information content (AvgIpc) is 2.95. The van der Waals surface area contributed by atoms with Gasteiger partial charge in [-0.3, -0.25) is 0 Å². The number of hydrogen-bond acceptors (Lipinski definition) is 3. The molecule has 0 saturated heterocycles. The van der Waals surface area contributed by atoms with Crippen LogP contribution in [-0.2, 0) is 6.42 Å². The molecule has 1 heterocycles. The van der Waals surface area contributed by atoms with Crippen molar-refractivity contribution in [2.75, 3.05) is 20.6 Å². The van der Waals surface area contributed by atoms with Gasteiger partial charge in [0.05, 0.1) is 11.7 Å². The molecule has 2 aromatic carbocycles. The molecule has 248 valence electrons. The highest BCUT2D eigenvalue weighted by Gasteiger charge is 2.35. The summed E-state index contributed by atoms with van der Waals surface area (Å²) in [7, 11) is 3.87. The molecule has 2 aromatic rings. The normalized spacial score (nSPS) is 15.0. The molecule has 1 N–H and O–H groups in total. The first-order valence-corrected chi connectivity index (χ1v) is 16.2. The highest BCUT2D eigenvalue weighted by atomic mass is 35.5. The molecule has 0 aliphatic carbocycles. The van der Waals surface area contributed by atoms with Gasteiger partial charge >= 0.3 is 0 Å². The first-order chi connectivity index (χ1) is 21.5. The lowest BCUT2D eigenvalue weighted by molar-refractivity contribution is 0.0641. The summed E-state index contributed by atoms with van der Waals surface area (Å²) in [4.78, 5) is 3.98. The van der Waals surface area contributed by atoms with Gasteiger partial charge in [0, 0.05) is 47.6 Å². The molecule has 0 saturated carbocycles. The van der Waals surface area contributed by atoms with E-state index in [1.807, 2.05) is 54.4 Å². The van der Waals surface area contributed by atoms with E-state index >= 15 is 0 Å². The van der Waals surface area contributed by atoms with Crippen LogP contribution in [0.5, 0.6) is 0 Å². The van der Waals surface area contributed by atoms with Gasteiger partial charge in [-0.25, -0.2) is 13.2 Å². The zero-order chi connectivity index (χ0) is 34.3. The number of hydrogen-bond donors (Lipinski definition) is 1. The van der Waals surface area contributed by atoms with Crippen LogP contribution in [0.3, 0.4) is 0 Å². The minimum absolute atomic E-state index is 0.0110. The lowest BCUT2D eigenvalue weighted by atomic mass is 9.91. The minimum Gasteiger partial charge on any atom is -0.378 e. The van der Waals surface area contributed by atoms with E-state index in [9.17, 15) is 13.2 Å². The smallest absolute Gasteiger partial charge is 0.270 e. The third-order valence-corrected chi connectivity index (χ3v) is 8.44. The summed E-state index contributed by atoms with van der Waals surface area (Å²) in [6.45, 7) is 22.2. The van der Waals surface area contributed by atoms with Gasteiger partial charge in [-0.15, -0.1) is 5.73 Å². The molecule has 3 nitrogen and oxygen atoms in total. The summed E-state index contributed by atoms with van der Waals surface area (Å²) in [5, 5.41) is 4.22. The summed E-state index contributed by atoms with van der Waals surface area (Å²) in [5.41, 5.74) is 9.34. The molecule has 1 aliphatic heterocycles. The van der Waals surface area contributed by atoms with Crippen LogP contribution < -0.4 is 5.32 Å². The number of allylic oxidation sites excluding steroid dienone is 2. The maximum atomic E-state index is 14.7. The van der Waals surface area contributed by atoms with Crippen molar-refractivity contribution >= 4 is 11.6 Å². The summed E-state index contributed by atoms with van der Waals surface area (Å²) in [6, 6.07) is 10.6. The number of aryl methyl sites for hydroxylation is 1. The van der Waals surface area contributed by atoms with Crippen LogP contribution in [0.4, 0.5) is 13.2 Å². The van der Waals surface area contributed by atoms with Crippen molar-refractivity contribution in [3.05, 3.63) is 124 Å². The largest absolute Gasteiger partial charge is 0.378 e. The van der Waals surface area contributed by atoms with E-state index in [0.29, 0.717) is 53.6 Å². The molecule has 0 aromatic heterocycles. The van der Waals surface area contributed by atoms with Gasteiger partial charge in [-0.1, -0.05) is 69.0 Å². The van der Waals surface area contributed by atoms with Crippen molar-refractivity contribution in [3.63, 3.8) is 0 Å². The Kier molecular flexibility index (Phi) is 12.8. The predicted molar refractivity (Wildman–Crippen MR) is 188 cm³/mol. The number of benzene rings is 2. The van der Waals surface area contributed by atoms with Crippen LogP contribution in [0.2, 0.25) is 5.02 Å². The van der Waals surface area contributed by atoms with Gasteiger partial charge in [0.15, 0.2) is 0 Å². The van der Waals surface area contributed by atoms with E-state index in [-0.39, 0.29) is 23.5 Å². The van der Waals surface area contributed by atoms with Gasteiger partial charge in [0.25, 0.3) is 5.92 Å². The molecule has 46 heavy (non-hydrogen) atoms. The molecule has 0 spiro atoms. The van der Waals surface area contributed by atoms with Crippen molar-refractivity contribution in [1.82, 2.24) is 15.1 Å². The Hall–Kier alpha value is -3.44. The van der Waals surface area contributed by atoms with Gasteiger partial charge in [-0.05, 0) is 106 Å². The Morgan fingerprint density at radius 2 is 1.85 bits per heavy atom. The quantitative estimate of drug-likeness (QED) is 0.153. The lowest BCUT2D eigenvalue weighted by Gasteiger charge is -2.38. The summed E-state index contributed by atoms with van der Waals surface area (Å²) in [5.74, 6) is -2.93. The Labute approximate surface area is 279 Å². The number of halogens is 4. The van der Waals surface area contributed by atoms with Crippen molar-refractivity contribution in [2.45, 2.75) is 78.3 Å². The van der Waals surface area contributed by atoms with E-state index in [4.69, 9.17) is 11.6 Å². The molecule has 2 unspecified atom stereocenters. The molecule has 3 rings (SSSR count). The highest BCUT2D eigenvalue weighted by Crippen LogP contribution is 2.38. The second kappa shape index (κ2) is 15.9. The van der Waals surface area contributed by atoms with Crippen LogP contribution in [0.25, 0.3) is 11.1 Å². The standard InChI is InChI=1S/C39H49ClF3N3/c1-11-36(37(19-25(2)3)46-24-32(17-18-45(9)10)33(23-29(46)7)39(8,42)43)44-28(6)20-26(4)21-30-13-12-14-34(40)38(30)31-15-16-35(41)27(5)22-31/h12-16,22-25,28,37,44H,1,4,7,17-21H2,2-3,5-6,8-10H3. The SMILES string of the molecule is C=C=C(NC(C)CC(=C)Cc1cccc(Cl)c1-c1ccc(F)c(C)c1)C(CC(C)C)N1C=C(CCN(C)C)C(C(C)(F)F)=CC1=C. The third kappa shape index (κ3) is 9.78. The van der Waals surface area contributed by atoms with Crippen molar-refractivity contribution in [2.24, 2.45) is 5.92 Å². The van der Waals surface area contributed by atoms with Crippen LogP contribution in [0.15, 0.2) is 102 Å². The van der Waals surface area contributed by atoms with E-state index in [1.165, 1.54) is 12.1 Å². The fourth-order valence-electron chi connectivity index (χ4n) is 5.91. The van der Waals surface area contributed by atoms with Crippen LogP contribution in [0, 0.1) is 18.7 Å². The van der Waals surface area contributed by atoms with E-state index in [0.717, 1.165) is 41.3 Å². The van der Waals surface area contributed by atoms with E-state index < -0.39 is 5.92 Å². The zero-order valence-corrected chi connectivity index (χ0v) is 29.2. The summed E-state index contributed by atoms with van der Waals surface area (Å²) in [6.07, 6.45) is 5.84. The summed E-state index contributed by atoms with van der Waals surface area (Å²) < 4.78 is 43.4. The molecule has 2 atom stereocenters. The third-order valence-electron chi connectivity index (χ3n) is 8.12. The fourth-order valence-corrected chi connectivity index (χ4v) is 6.21. The molecule has 0 amide bonds. The average molecular weight is 652 g/mol. The van der Waals surface area contributed by atoms with Crippen LogP contribution >= 0.6 is 11.6 Å². The Balaban J connectivity index is 1.83. The Morgan fingerprint density at radius 3 is 2.43 bits per heavy atom. The van der Waals surface area contributed by atoms with E-state index in [2.05, 4.69) is 51.6 Å². The Morgan fingerprint density at radius 1 is 1.15 bits per heavy atom. The van der Waals surface area contributed by atoms with Crippen LogP contribution in [0.1, 0.15) is 58.1 Å². The fraction of sp³-hybridized carbons (Fsp3) is 0.410. The summed E-state index contributed by atoms with van der Waals surface area (Å²) >= 11 is 6.66. The van der Waals surface area contributed by atoms with Gasteiger partial charge in [-0.2, -0.15) is 0 Å². The van der Waals surface area contributed by atoms with Crippen molar-refractivity contribution < 1.29 is 13.2 Å². The van der Waals surface area contributed by atoms with E-state index in [1.54, 1.807) is 13.0 Å². The van der Waals surface area contributed by atoms with Crippen LogP contribution in [-0.4, -0.2) is 48.4 Å². The number of alkyl halides is 2. The molecular weight excluding hydrogens is 603 g/mol. The lowest BCUT2D eigenvalue weighted by Crippen LogP contribution is -2.41.